The van der Waals surface area contributed by atoms with Crippen LogP contribution >= 0.6 is 0 Å². The molecule has 0 unspecified atom stereocenters. The molecule has 104 valence electrons. The molecule has 2 N–H and O–H groups in total. The highest BCUT2D eigenvalue weighted by Crippen LogP contribution is 2.28. The average Bonchev–Trinajstić information content (AvgIpc) is 2.42. The number of benzene rings is 1. The lowest BCUT2D eigenvalue weighted by molar-refractivity contribution is -0.384. The molecular weight excluding hydrogens is 250 g/mol. The molecule has 1 rings (SSSR count). The number of nitrogens with zero attached hydrogens (tertiary/aromatic N) is 1. The van der Waals surface area contributed by atoms with Crippen molar-refractivity contribution in [2.45, 2.75) is 13.3 Å². The number of amides is 1. The van der Waals surface area contributed by atoms with E-state index >= 15 is 0 Å². The van der Waals surface area contributed by atoms with Crippen molar-refractivity contribution >= 4 is 17.3 Å². The Morgan fingerprint density at radius 1 is 1.42 bits per heavy atom. The molecule has 1 amide bonds. The molecule has 0 aliphatic heterocycles. The van der Waals surface area contributed by atoms with Crippen molar-refractivity contribution < 1.29 is 14.5 Å². The van der Waals surface area contributed by atoms with Gasteiger partial charge in [0.05, 0.1) is 12.0 Å². The zero-order chi connectivity index (χ0) is 14.3. The van der Waals surface area contributed by atoms with Crippen molar-refractivity contribution in [2.24, 2.45) is 0 Å². The van der Waals surface area contributed by atoms with Crippen molar-refractivity contribution in [3.63, 3.8) is 0 Å². The number of hydrogen-bond acceptors (Lipinski definition) is 5. The van der Waals surface area contributed by atoms with E-state index in [0.717, 1.165) is 0 Å². The minimum absolute atomic E-state index is 0.0254. The predicted molar refractivity (Wildman–Crippen MR) is 71.4 cm³/mol. The summed E-state index contributed by atoms with van der Waals surface area (Å²) in [5.41, 5.74) is 0.345. The lowest BCUT2D eigenvalue weighted by atomic mass is 10.2. The number of anilines is 1. The molecule has 1 aromatic carbocycles. The number of methoxy groups -OCH3 is 1. The molecule has 0 aliphatic carbocycles. The van der Waals surface area contributed by atoms with E-state index in [2.05, 4.69) is 10.6 Å². The first-order valence-electron chi connectivity index (χ1n) is 5.91. The molecule has 0 fully saturated rings. The molecule has 0 saturated carbocycles. The van der Waals surface area contributed by atoms with Crippen LogP contribution in [0.25, 0.3) is 0 Å². The first kappa shape index (κ1) is 14.7. The fourth-order valence-electron chi connectivity index (χ4n) is 1.47. The first-order chi connectivity index (χ1) is 9.08. The third-order valence-electron chi connectivity index (χ3n) is 2.48. The van der Waals surface area contributed by atoms with Gasteiger partial charge in [-0.25, -0.2) is 0 Å². The molecule has 0 aromatic heterocycles. The second-order valence-electron chi connectivity index (χ2n) is 3.77. The second-order valence-corrected chi connectivity index (χ2v) is 3.77. The summed E-state index contributed by atoms with van der Waals surface area (Å²) in [6.07, 6.45) is 0.416. The van der Waals surface area contributed by atoms with Gasteiger partial charge in [0.25, 0.3) is 5.69 Å². The van der Waals surface area contributed by atoms with Gasteiger partial charge in [-0.05, 0) is 6.07 Å². The molecule has 19 heavy (non-hydrogen) atoms. The minimum Gasteiger partial charge on any atom is -0.497 e. The normalized spacial score (nSPS) is 9.79. The van der Waals surface area contributed by atoms with Gasteiger partial charge in [-0.2, -0.15) is 0 Å². The lowest BCUT2D eigenvalue weighted by Gasteiger charge is -2.09. The molecular formula is C12H17N3O4. The van der Waals surface area contributed by atoms with Crippen LogP contribution in [0.3, 0.4) is 0 Å². The summed E-state index contributed by atoms with van der Waals surface area (Å²) < 4.78 is 5.02. The summed E-state index contributed by atoms with van der Waals surface area (Å²) in [5.74, 6) is 0.479. The Bertz CT molecular complexity index is 462. The molecule has 0 radical (unpaired) electrons. The maximum absolute atomic E-state index is 11.0. The number of ether oxygens (including phenoxy) is 1. The molecule has 0 atom stereocenters. The maximum atomic E-state index is 11.0. The van der Waals surface area contributed by atoms with Crippen molar-refractivity contribution in [1.29, 1.82) is 0 Å². The summed E-state index contributed by atoms with van der Waals surface area (Å²) in [6, 6.07) is 4.47. The fraction of sp³-hybridized carbons (Fsp3) is 0.417. The number of nitro groups is 1. The van der Waals surface area contributed by atoms with Crippen molar-refractivity contribution in [3.05, 3.63) is 28.3 Å². The standard InChI is InChI=1S/C12H17N3O4/c1-3-12(16)14-7-6-13-10-8-9(19-2)4-5-11(10)15(17)18/h4-5,8,13H,3,6-7H2,1-2H3,(H,14,16). The number of hydrogen-bond donors (Lipinski definition) is 2. The molecule has 7 nitrogen and oxygen atoms in total. The Labute approximate surface area is 111 Å². The second kappa shape index (κ2) is 7.20. The van der Waals surface area contributed by atoms with E-state index in [1.54, 1.807) is 13.0 Å². The van der Waals surface area contributed by atoms with Gasteiger partial charge >= 0.3 is 0 Å². The molecule has 0 saturated heterocycles. The lowest BCUT2D eigenvalue weighted by Crippen LogP contribution is -2.28. The van der Waals surface area contributed by atoms with Crippen LogP contribution in [0.15, 0.2) is 18.2 Å². The number of rotatable bonds is 7. The molecule has 0 spiro atoms. The molecule has 0 bridgehead atoms. The van der Waals surface area contributed by atoms with Crippen LogP contribution in [-0.2, 0) is 4.79 Å². The third kappa shape index (κ3) is 4.46. The molecule has 0 aliphatic rings. The van der Waals surface area contributed by atoms with Crippen molar-refractivity contribution in [3.8, 4) is 5.75 Å². The Hall–Kier alpha value is -2.31. The number of carbonyl (C=O) groups is 1. The van der Waals surface area contributed by atoms with E-state index in [0.29, 0.717) is 30.9 Å². The summed E-state index contributed by atoms with van der Waals surface area (Å²) in [7, 11) is 1.49. The Kier molecular flexibility index (Phi) is 5.59. The van der Waals surface area contributed by atoms with Gasteiger partial charge in [0.1, 0.15) is 11.4 Å². The highest BCUT2D eigenvalue weighted by molar-refractivity contribution is 5.75. The largest absolute Gasteiger partial charge is 0.497 e. The minimum atomic E-state index is -0.466. The van der Waals surface area contributed by atoms with Crippen LogP contribution in [0.5, 0.6) is 5.75 Å². The Balaban J connectivity index is 2.64. The smallest absolute Gasteiger partial charge is 0.292 e. The monoisotopic (exact) mass is 267 g/mol. The molecule has 7 heteroatoms. The van der Waals surface area contributed by atoms with Crippen LogP contribution in [0.4, 0.5) is 11.4 Å². The Morgan fingerprint density at radius 2 is 2.16 bits per heavy atom. The van der Waals surface area contributed by atoms with Crippen molar-refractivity contribution in [2.75, 3.05) is 25.5 Å². The Morgan fingerprint density at radius 3 is 2.74 bits per heavy atom. The van der Waals surface area contributed by atoms with E-state index in [1.165, 1.54) is 19.2 Å². The quantitative estimate of drug-likeness (QED) is 0.444. The fourth-order valence-corrected chi connectivity index (χ4v) is 1.47. The van der Waals surface area contributed by atoms with Gasteiger partial charge in [-0.3, -0.25) is 14.9 Å². The maximum Gasteiger partial charge on any atom is 0.292 e. The topological polar surface area (TPSA) is 93.5 Å². The zero-order valence-electron chi connectivity index (χ0n) is 10.9. The van der Waals surface area contributed by atoms with Gasteiger partial charge in [-0.1, -0.05) is 6.92 Å². The number of nitro benzene ring substituents is 1. The van der Waals surface area contributed by atoms with E-state index in [1.807, 2.05) is 0 Å². The molecule has 0 heterocycles. The number of carbonyl (C=O) groups excluding carboxylic acids is 1. The van der Waals surface area contributed by atoms with Crippen LogP contribution in [0.1, 0.15) is 13.3 Å². The molecule has 1 aromatic rings. The van der Waals surface area contributed by atoms with Crippen molar-refractivity contribution in [1.82, 2.24) is 5.32 Å². The van der Waals surface area contributed by atoms with E-state index in [-0.39, 0.29) is 11.6 Å². The van der Waals surface area contributed by atoms with Crippen LogP contribution in [-0.4, -0.2) is 31.0 Å². The average molecular weight is 267 g/mol. The van der Waals surface area contributed by atoms with Gasteiger partial charge < -0.3 is 15.4 Å². The summed E-state index contributed by atoms with van der Waals surface area (Å²) in [4.78, 5) is 21.4. The predicted octanol–water partition coefficient (Wildman–Crippen LogP) is 1.54. The summed E-state index contributed by atoms with van der Waals surface area (Å²) in [5, 5.41) is 16.5. The highest BCUT2D eigenvalue weighted by atomic mass is 16.6. The van der Waals surface area contributed by atoms with Gasteiger partial charge in [0, 0.05) is 31.6 Å². The van der Waals surface area contributed by atoms with Gasteiger partial charge in [-0.15, -0.1) is 0 Å². The highest BCUT2D eigenvalue weighted by Gasteiger charge is 2.14. The van der Waals surface area contributed by atoms with Gasteiger partial charge in [0.15, 0.2) is 0 Å². The van der Waals surface area contributed by atoms with Crippen LogP contribution in [0, 0.1) is 10.1 Å². The van der Waals surface area contributed by atoms with Gasteiger partial charge in [0.2, 0.25) is 5.91 Å². The van der Waals surface area contributed by atoms with Crippen LogP contribution < -0.4 is 15.4 Å². The van der Waals surface area contributed by atoms with E-state index in [4.69, 9.17) is 4.74 Å². The number of nitrogens with one attached hydrogen (secondary N) is 2. The zero-order valence-corrected chi connectivity index (χ0v) is 10.9. The van der Waals surface area contributed by atoms with E-state index < -0.39 is 4.92 Å². The van der Waals surface area contributed by atoms with E-state index in [9.17, 15) is 14.9 Å². The summed E-state index contributed by atoms with van der Waals surface area (Å²) >= 11 is 0. The third-order valence-corrected chi connectivity index (χ3v) is 2.48. The van der Waals surface area contributed by atoms with Crippen LogP contribution in [0.2, 0.25) is 0 Å². The summed E-state index contributed by atoms with van der Waals surface area (Å²) in [6.45, 7) is 2.57. The SMILES string of the molecule is CCC(=O)NCCNc1cc(OC)ccc1[N+](=O)[O-]. The first-order valence-corrected chi connectivity index (χ1v) is 5.91.